The second-order valence-electron chi connectivity index (χ2n) is 2.65. The predicted molar refractivity (Wildman–Crippen MR) is 53.6 cm³/mol. The quantitative estimate of drug-likeness (QED) is 0.554. The topological polar surface area (TPSA) is 24.7 Å². The Balaban J connectivity index is 3.05. The van der Waals surface area contributed by atoms with Crippen LogP contribution in [-0.2, 0) is 0 Å². The molecule has 1 aliphatic rings. The van der Waals surface area contributed by atoms with Gasteiger partial charge in [-0.3, -0.25) is 9.98 Å². The molecular weight excluding hydrogens is 148 g/mol. The average Bonchev–Trinajstić information content (AvgIpc) is 2.27. The highest BCUT2D eigenvalue weighted by Crippen LogP contribution is 2.12. The number of hydrogen-bond donors (Lipinski definition) is 0. The maximum atomic E-state index is 4.21. The van der Waals surface area contributed by atoms with Crippen LogP contribution in [0.15, 0.2) is 46.2 Å². The average molecular weight is 160 g/mol. The van der Waals surface area contributed by atoms with Crippen LogP contribution in [0.2, 0.25) is 0 Å². The third-order valence-corrected chi connectivity index (χ3v) is 1.67. The molecule has 0 aromatic heterocycles. The molecule has 1 rings (SSSR count). The van der Waals surface area contributed by atoms with Crippen molar-refractivity contribution in [3.63, 3.8) is 0 Å². The van der Waals surface area contributed by atoms with Gasteiger partial charge in [-0.1, -0.05) is 18.2 Å². The summed E-state index contributed by atoms with van der Waals surface area (Å²) in [5.74, 6) is 0. The van der Waals surface area contributed by atoms with Crippen molar-refractivity contribution in [2.45, 2.75) is 13.3 Å². The van der Waals surface area contributed by atoms with Crippen molar-refractivity contribution in [1.82, 2.24) is 0 Å². The fourth-order valence-electron chi connectivity index (χ4n) is 0.964. The molecule has 0 aliphatic carbocycles. The van der Waals surface area contributed by atoms with Gasteiger partial charge in [-0.05, 0) is 26.1 Å². The van der Waals surface area contributed by atoms with E-state index in [2.05, 4.69) is 23.3 Å². The number of allylic oxidation sites excluding steroid dienone is 3. The van der Waals surface area contributed by atoms with E-state index in [0.717, 1.165) is 17.8 Å². The van der Waals surface area contributed by atoms with E-state index in [4.69, 9.17) is 0 Å². The predicted octanol–water partition coefficient (Wildman–Crippen LogP) is 2.51. The van der Waals surface area contributed by atoms with Gasteiger partial charge in [0.1, 0.15) is 0 Å². The van der Waals surface area contributed by atoms with Gasteiger partial charge in [0, 0.05) is 6.20 Å². The van der Waals surface area contributed by atoms with E-state index < -0.39 is 0 Å². The summed E-state index contributed by atoms with van der Waals surface area (Å²) in [7, 11) is 0. The second-order valence-corrected chi connectivity index (χ2v) is 2.65. The molecule has 12 heavy (non-hydrogen) atoms. The molecule has 0 spiro atoms. The molecule has 0 aromatic rings. The molecule has 62 valence electrons. The van der Waals surface area contributed by atoms with E-state index in [1.165, 1.54) is 5.57 Å². The first-order valence-corrected chi connectivity index (χ1v) is 3.81. The van der Waals surface area contributed by atoms with Gasteiger partial charge in [-0.15, -0.1) is 0 Å². The smallest absolute Gasteiger partial charge is 0.0876 e. The summed E-state index contributed by atoms with van der Waals surface area (Å²) >= 11 is 0. The highest BCUT2D eigenvalue weighted by Gasteiger charge is 2.02. The fraction of sp³-hybridized carbons (Fsp3) is 0.200. The lowest BCUT2D eigenvalue weighted by atomic mass is 10.2. The molecule has 0 saturated carbocycles. The van der Waals surface area contributed by atoms with E-state index in [-0.39, 0.29) is 0 Å². The van der Waals surface area contributed by atoms with Gasteiger partial charge in [0.25, 0.3) is 0 Å². The van der Waals surface area contributed by atoms with Crippen LogP contribution < -0.4 is 0 Å². The summed E-state index contributed by atoms with van der Waals surface area (Å²) in [6, 6.07) is 0. The van der Waals surface area contributed by atoms with Crippen LogP contribution in [0.4, 0.5) is 0 Å². The molecule has 0 amide bonds. The molecule has 1 aliphatic heterocycles. The van der Waals surface area contributed by atoms with Gasteiger partial charge >= 0.3 is 0 Å². The molecule has 0 saturated heterocycles. The third kappa shape index (κ3) is 1.78. The van der Waals surface area contributed by atoms with E-state index in [1.54, 1.807) is 6.08 Å². The first-order valence-electron chi connectivity index (χ1n) is 3.81. The fourth-order valence-corrected chi connectivity index (χ4v) is 0.964. The molecule has 0 radical (unpaired) electrons. The van der Waals surface area contributed by atoms with Gasteiger partial charge in [-0.25, -0.2) is 0 Å². The Hall–Kier alpha value is -1.44. The summed E-state index contributed by atoms with van der Waals surface area (Å²) in [5.41, 5.74) is 2.83. The van der Waals surface area contributed by atoms with Crippen molar-refractivity contribution in [3.8, 4) is 0 Å². The molecule has 0 aromatic carbocycles. The normalized spacial score (nSPS) is 16.9. The van der Waals surface area contributed by atoms with Gasteiger partial charge in [0.05, 0.1) is 11.4 Å². The lowest BCUT2D eigenvalue weighted by molar-refractivity contribution is 1.19. The summed E-state index contributed by atoms with van der Waals surface area (Å²) in [6.07, 6.45) is 6.42. The van der Waals surface area contributed by atoms with Gasteiger partial charge in [-0.2, -0.15) is 0 Å². The second kappa shape index (κ2) is 3.81. The third-order valence-electron chi connectivity index (χ3n) is 1.67. The summed E-state index contributed by atoms with van der Waals surface area (Å²) < 4.78 is 0. The summed E-state index contributed by atoms with van der Waals surface area (Å²) in [4.78, 5) is 8.08. The van der Waals surface area contributed by atoms with E-state index in [1.807, 2.05) is 19.2 Å². The molecule has 2 nitrogen and oxygen atoms in total. The zero-order valence-corrected chi connectivity index (χ0v) is 7.25. The van der Waals surface area contributed by atoms with Crippen LogP contribution in [0.3, 0.4) is 0 Å². The van der Waals surface area contributed by atoms with Gasteiger partial charge in [0.2, 0.25) is 0 Å². The Kier molecular flexibility index (Phi) is 2.75. The summed E-state index contributed by atoms with van der Waals surface area (Å²) in [6.45, 7) is 9.17. The van der Waals surface area contributed by atoms with E-state index >= 15 is 0 Å². The van der Waals surface area contributed by atoms with E-state index in [9.17, 15) is 0 Å². The lowest BCUT2D eigenvalue weighted by Crippen LogP contribution is -1.94. The van der Waals surface area contributed by atoms with Crippen molar-refractivity contribution < 1.29 is 0 Å². The standard InChI is InChI=1S/C10H12N2/c1-4-9-10(11-3)6-5-8(2)7-12-9/h4,6-7H,1,3,5H2,2H3. The van der Waals surface area contributed by atoms with Crippen LogP contribution in [0.25, 0.3) is 0 Å². The molecule has 0 bridgehead atoms. The SMILES string of the molecule is C=CC1=NC=C(C)CC=C1N=C. The van der Waals surface area contributed by atoms with Crippen molar-refractivity contribution in [3.05, 3.63) is 36.2 Å². The minimum atomic E-state index is 0.793. The van der Waals surface area contributed by atoms with Crippen LogP contribution in [0, 0.1) is 0 Å². The Morgan fingerprint density at radius 2 is 2.42 bits per heavy atom. The zero-order chi connectivity index (χ0) is 8.97. The molecule has 1 heterocycles. The maximum absolute atomic E-state index is 4.21. The Morgan fingerprint density at radius 3 is 3.00 bits per heavy atom. The zero-order valence-electron chi connectivity index (χ0n) is 7.25. The van der Waals surface area contributed by atoms with Gasteiger partial charge in [0.15, 0.2) is 0 Å². The Labute approximate surface area is 72.7 Å². The van der Waals surface area contributed by atoms with Crippen molar-refractivity contribution in [1.29, 1.82) is 0 Å². The van der Waals surface area contributed by atoms with Crippen molar-refractivity contribution >= 4 is 12.4 Å². The molecule has 0 N–H and O–H groups in total. The number of rotatable bonds is 2. The summed E-state index contributed by atoms with van der Waals surface area (Å²) in [5, 5.41) is 0. The van der Waals surface area contributed by atoms with Crippen LogP contribution in [0.5, 0.6) is 0 Å². The minimum absolute atomic E-state index is 0.793. The monoisotopic (exact) mass is 160 g/mol. The number of aliphatic imine (C=N–C) groups is 2. The minimum Gasteiger partial charge on any atom is -0.263 e. The first kappa shape index (κ1) is 8.65. The number of nitrogens with zero attached hydrogens (tertiary/aromatic N) is 2. The highest BCUT2D eigenvalue weighted by atomic mass is 14.8. The van der Waals surface area contributed by atoms with Crippen LogP contribution in [-0.4, -0.2) is 12.4 Å². The molecule has 0 unspecified atom stereocenters. The van der Waals surface area contributed by atoms with E-state index in [0.29, 0.717) is 0 Å². The van der Waals surface area contributed by atoms with Crippen LogP contribution >= 0.6 is 0 Å². The molecule has 0 fully saturated rings. The number of hydrogen-bond acceptors (Lipinski definition) is 2. The maximum Gasteiger partial charge on any atom is 0.0876 e. The van der Waals surface area contributed by atoms with Crippen LogP contribution in [0.1, 0.15) is 13.3 Å². The van der Waals surface area contributed by atoms with Gasteiger partial charge < -0.3 is 0 Å². The highest BCUT2D eigenvalue weighted by molar-refractivity contribution is 6.08. The Bertz CT molecular complexity index is 293. The molecular formula is C10H12N2. The molecule has 0 atom stereocenters. The first-order chi connectivity index (χ1) is 5.77. The lowest BCUT2D eigenvalue weighted by Gasteiger charge is -1.96. The Morgan fingerprint density at radius 1 is 1.67 bits per heavy atom. The largest absolute Gasteiger partial charge is 0.263 e. The molecule has 2 heteroatoms. The van der Waals surface area contributed by atoms with Crippen molar-refractivity contribution in [2.75, 3.05) is 0 Å². The van der Waals surface area contributed by atoms with Crippen molar-refractivity contribution in [2.24, 2.45) is 9.98 Å².